The molecule has 206 valence electrons. The fourth-order valence-electron chi connectivity index (χ4n) is 5.74. The summed E-state index contributed by atoms with van der Waals surface area (Å²) in [6.07, 6.45) is 3.75. The van der Waals surface area contributed by atoms with Gasteiger partial charge in [0.15, 0.2) is 0 Å². The number of carboxylic acid groups (broad SMARTS) is 1. The zero-order chi connectivity index (χ0) is 28.2. The lowest BCUT2D eigenvalue weighted by atomic mass is 9.66. The summed E-state index contributed by atoms with van der Waals surface area (Å²) in [6.45, 7) is 7.08. The molecule has 0 bridgehead atoms. The molecular formula is C27H29N3O7S2. The van der Waals surface area contributed by atoms with Crippen molar-refractivity contribution in [3.8, 4) is 5.75 Å². The Balaban J connectivity index is 1.47. The number of carbonyl (C=O) groups is 3. The molecule has 4 atom stereocenters. The van der Waals surface area contributed by atoms with Crippen molar-refractivity contribution < 1.29 is 34.1 Å². The number of aryl methyl sites for hydroxylation is 2. The third-order valence-corrected chi connectivity index (χ3v) is 9.49. The first kappa shape index (κ1) is 27.2. The molecule has 1 unspecified atom stereocenters. The first-order chi connectivity index (χ1) is 18.5. The van der Waals surface area contributed by atoms with Gasteiger partial charge in [0.2, 0.25) is 5.91 Å². The number of aliphatic carboxylic acids is 1. The number of imidazole rings is 1. The van der Waals surface area contributed by atoms with Crippen molar-refractivity contribution in [2.45, 2.75) is 51.3 Å². The molecule has 10 nitrogen and oxygen atoms in total. The van der Waals surface area contributed by atoms with Crippen LogP contribution >= 0.6 is 23.1 Å². The van der Waals surface area contributed by atoms with Crippen LogP contribution in [0.4, 0.5) is 4.79 Å². The summed E-state index contributed by atoms with van der Waals surface area (Å²) < 4.78 is 12.6. The van der Waals surface area contributed by atoms with Crippen molar-refractivity contribution in [1.82, 2.24) is 14.3 Å². The zero-order valence-corrected chi connectivity index (χ0v) is 23.8. The minimum absolute atomic E-state index is 0.0798. The molecule has 1 amide bonds. The molecule has 12 heteroatoms. The first-order valence-electron chi connectivity index (χ1n) is 12.4. The van der Waals surface area contributed by atoms with E-state index in [-0.39, 0.29) is 18.7 Å². The minimum atomic E-state index is -1.23. The van der Waals surface area contributed by atoms with Crippen LogP contribution in [0.25, 0.3) is 10.4 Å². The van der Waals surface area contributed by atoms with Crippen LogP contribution in [0.2, 0.25) is 0 Å². The summed E-state index contributed by atoms with van der Waals surface area (Å²) in [5.41, 5.74) is 1.27. The quantitative estimate of drug-likeness (QED) is 0.175. The van der Waals surface area contributed by atoms with E-state index in [1.54, 1.807) is 12.4 Å². The molecule has 2 aromatic heterocycles. The number of benzene rings is 1. The van der Waals surface area contributed by atoms with Gasteiger partial charge in [-0.1, -0.05) is 24.6 Å². The lowest BCUT2D eigenvalue weighted by Crippen LogP contribution is -2.66. The predicted molar refractivity (Wildman–Crippen MR) is 146 cm³/mol. The Bertz CT molecular complexity index is 1520. The van der Waals surface area contributed by atoms with Crippen LogP contribution < -0.4 is 4.74 Å². The monoisotopic (exact) mass is 571 g/mol. The number of carboxylic acids is 1. The molecule has 1 aromatic carbocycles. The summed E-state index contributed by atoms with van der Waals surface area (Å²) in [5.74, 6) is -2.05. The van der Waals surface area contributed by atoms with Crippen molar-refractivity contribution in [2.24, 2.45) is 11.3 Å². The molecule has 1 fully saturated rings. The number of aliphatic hydroxyl groups excluding tert-OH is 1. The SMILES string of the molecule is CSc1ncn2cc(C3=C(C(=O)O)N4C(=O)[C@H](C(C)O)[C@@H]4[C@@]3(C)CCOC(=O)Oc3ccc(C)cc3C)sc12. The molecule has 0 spiro atoms. The van der Waals surface area contributed by atoms with Gasteiger partial charge in [0.1, 0.15) is 27.6 Å². The Morgan fingerprint density at radius 3 is 2.69 bits per heavy atom. The molecule has 1 saturated heterocycles. The van der Waals surface area contributed by atoms with Gasteiger partial charge in [-0.2, -0.15) is 0 Å². The summed E-state index contributed by atoms with van der Waals surface area (Å²) >= 11 is 2.87. The average Bonchev–Trinajstić information content (AvgIpc) is 3.49. The topological polar surface area (TPSA) is 131 Å². The number of aromatic nitrogens is 2. The van der Waals surface area contributed by atoms with Gasteiger partial charge in [-0.25, -0.2) is 14.6 Å². The lowest BCUT2D eigenvalue weighted by Gasteiger charge is -2.50. The van der Waals surface area contributed by atoms with Crippen LogP contribution in [0.1, 0.15) is 36.3 Å². The number of amides is 1. The van der Waals surface area contributed by atoms with E-state index in [1.165, 1.54) is 34.9 Å². The molecule has 4 heterocycles. The molecule has 0 aliphatic carbocycles. The Morgan fingerprint density at radius 2 is 2.05 bits per heavy atom. The van der Waals surface area contributed by atoms with E-state index in [4.69, 9.17) is 9.47 Å². The largest absolute Gasteiger partial charge is 0.513 e. The maximum absolute atomic E-state index is 13.1. The van der Waals surface area contributed by atoms with Crippen LogP contribution in [0.3, 0.4) is 0 Å². The Labute approximate surface area is 233 Å². The number of aliphatic hydroxyl groups is 1. The highest BCUT2D eigenvalue weighted by Crippen LogP contribution is 2.60. The van der Waals surface area contributed by atoms with Gasteiger partial charge in [-0.05, 0) is 45.1 Å². The number of β-lactam (4-membered cyclic amide) rings is 1. The number of carbonyl (C=O) groups excluding carboxylic acids is 2. The molecule has 2 N–H and O–H groups in total. The van der Waals surface area contributed by atoms with Crippen LogP contribution in [0.5, 0.6) is 5.75 Å². The van der Waals surface area contributed by atoms with Gasteiger partial charge in [-0.3, -0.25) is 9.20 Å². The highest BCUT2D eigenvalue weighted by Gasteiger charge is 2.66. The Morgan fingerprint density at radius 1 is 1.31 bits per heavy atom. The van der Waals surface area contributed by atoms with E-state index in [0.717, 1.165) is 21.0 Å². The van der Waals surface area contributed by atoms with Crippen molar-refractivity contribution >= 4 is 51.5 Å². The fourth-order valence-corrected chi connectivity index (χ4v) is 7.70. The minimum Gasteiger partial charge on any atom is -0.477 e. The second-order valence-corrected chi connectivity index (χ2v) is 12.0. The second kappa shape index (κ2) is 10.00. The number of hydrogen-bond donors (Lipinski definition) is 2. The van der Waals surface area contributed by atoms with Gasteiger partial charge in [-0.15, -0.1) is 23.1 Å². The summed E-state index contributed by atoms with van der Waals surface area (Å²) in [6, 6.07) is 4.82. The third kappa shape index (κ3) is 4.40. The van der Waals surface area contributed by atoms with Gasteiger partial charge >= 0.3 is 12.1 Å². The van der Waals surface area contributed by atoms with Crippen LogP contribution in [-0.2, 0) is 14.3 Å². The number of ether oxygens (including phenoxy) is 2. The smallest absolute Gasteiger partial charge is 0.477 e. The van der Waals surface area contributed by atoms with Crippen LogP contribution in [0.15, 0.2) is 41.4 Å². The molecule has 39 heavy (non-hydrogen) atoms. The summed E-state index contributed by atoms with van der Waals surface area (Å²) in [7, 11) is 0. The van der Waals surface area contributed by atoms with Crippen molar-refractivity contribution in [3.05, 3.63) is 52.4 Å². The highest BCUT2D eigenvalue weighted by molar-refractivity contribution is 7.98. The Kier molecular flexibility index (Phi) is 6.98. The van der Waals surface area contributed by atoms with E-state index in [2.05, 4.69) is 4.98 Å². The van der Waals surface area contributed by atoms with Crippen molar-refractivity contribution in [3.63, 3.8) is 0 Å². The number of rotatable bonds is 8. The number of hydrogen-bond acceptors (Lipinski definition) is 9. The van der Waals surface area contributed by atoms with Gasteiger partial charge in [0.25, 0.3) is 0 Å². The van der Waals surface area contributed by atoms with Gasteiger partial charge in [0, 0.05) is 17.2 Å². The van der Waals surface area contributed by atoms with E-state index >= 15 is 0 Å². The molecule has 2 aliphatic heterocycles. The maximum atomic E-state index is 13.1. The molecule has 0 saturated carbocycles. The average molecular weight is 572 g/mol. The van der Waals surface area contributed by atoms with E-state index in [0.29, 0.717) is 16.2 Å². The molecular weight excluding hydrogens is 542 g/mol. The summed E-state index contributed by atoms with van der Waals surface area (Å²) in [4.78, 5) is 45.4. The normalized spacial score (nSPS) is 23.1. The first-order valence-corrected chi connectivity index (χ1v) is 14.4. The van der Waals surface area contributed by atoms with E-state index < -0.39 is 41.5 Å². The fraction of sp³-hybridized carbons (Fsp3) is 0.407. The second-order valence-electron chi connectivity index (χ2n) is 10.1. The van der Waals surface area contributed by atoms with E-state index in [9.17, 15) is 24.6 Å². The maximum Gasteiger partial charge on any atom is 0.513 e. The predicted octanol–water partition coefficient (Wildman–Crippen LogP) is 4.36. The standard InChI is InChI=1S/C27H29N3O7S2/c1-13-6-7-16(14(2)10-13)37-26(35)36-9-8-27(4)19(17-11-29-12-28-22(38-5)24(29)39-17)20(25(33)34)30-21(27)18(15(3)31)23(30)32/h6-7,10-12,15,18,21,31H,8-9H2,1-5H3,(H,33,34)/t15?,18-,21-,27+/m1/s1. The van der Waals surface area contributed by atoms with E-state index in [1.807, 2.05) is 49.8 Å². The number of nitrogens with zero attached hydrogens (tertiary/aromatic N) is 3. The van der Waals surface area contributed by atoms with Crippen molar-refractivity contribution in [2.75, 3.05) is 12.9 Å². The van der Waals surface area contributed by atoms with Crippen molar-refractivity contribution in [1.29, 1.82) is 0 Å². The van der Waals surface area contributed by atoms with Crippen LogP contribution in [-0.4, -0.2) is 67.5 Å². The lowest BCUT2D eigenvalue weighted by molar-refractivity contribution is -0.167. The molecule has 5 rings (SSSR count). The number of thiazole rings is 1. The third-order valence-electron chi connectivity index (χ3n) is 7.55. The highest BCUT2D eigenvalue weighted by atomic mass is 32.2. The van der Waals surface area contributed by atoms with Gasteiger partial charge in [0.05, 0.1) is 29.5 Å². The number of thioether (sulfide) groups is 1. The summed E-state index contributed by atoms with van der Waals surface area (Å²) in [5, 5.41) is 21.5. The Hall–Kier alpha value is -3.35. The zero-order valence-electron chi connectivity index (χ0n) is 22.1. The molecule has 2 aliphatic rings. The van der Waals surface area contributed by atoms with Gasteiger partial charge < -0.3 is 24.6 Å². The molecule has 3 aromatic rings. The number of fused-ring (bicyclic) bond motifs is 2. The molecule has 0 radical (unpaired) electrons. The van der Waals surface area contributed by atoms with Crippen LogP contribution in [0, 0.1) is 25.2 Å².